The lowest BCUT2D eigenvalue weighted by Gasteiger charge is -1.98. The standard InChI is InChI=1S/C10H8N2O3S/c13-9(14)8-7(2-5-15-8)6-16-10-11-3-1-4-12-10/h1-5H,6H2,(H,13,14). The summed E-state index contributed by atoms with van der Waals surface area (Å²) < 4.78 is 4.86. The minimum Gasteiger partial charge on any atom is -0.475 e. The molecule has 0 bridgehead atoms. The van der Waals surface area contributed by atoms with Crippen LogP contribution in [0.2, 0.25) is 0 Å². The monoisotopic (exact) mass is 236 g/mol. The molecule has 0 atom stereocenters. The number of carbonyl (C=O) groups is 1. The molecule has 0 spiro atoms. The second-order valence-electron chi connectivity index (χ2n) is 2.90. The average molecular weight is 236 g/mol. The SMILES string of the molecule is O=C(O)c1occc1CSc1ncccn1. The summed E-state index contributed by atoms with van der Waals surface area (Å²) in [5.41, 5.74) is 0.630. The molecule has 0 aliphatic carbocycles. The molecule has 2 aromatic heterocycles. The van der Waals surface area contributed by atoms with Crippen LogP contribution in [0.1, 0.15) is 16.1 Å². The van der Waals surface area contributed by atoms with Gasteiger partial charge in [-0.15, -0.1) is 0 Å². The zero-order valence-corrected chi connectivity index (χ0v) is 8.98. The zero-order valence-electron chi connectivity index (χ0n) is 8.16. The summed E-state index contributed by atoms with van der Waals surface area (Å²) in [6.45, 7) is 0. The Hall–Kier alpha value is -1.82. The first-order valence-corrected chi connectivity index (χ1v) is 5.45. The van der Waals surface area contributed by atoms with E-state index in [0.29, 0.717) is 16.5 Å². The van der Waals surface area contributed by atoms with Gasteiger partial charge in [0.05, 0.1) is 6.26 Å². The van der Waals surface area contributed by atoms with Gasteiger partial charge in [-0.2, -0.15) is 0 Å². The van der Waals surface area contributed by atoms with Crippen molar-refractivity contribution in [3.63, 3.8) is 0 Å². The molecule has 2 aromatic rings. The van der Waals surface area contributed by atoms with Crippen LogP contribution in [-0.2, 0) is 5.75 Å². The van der Waals surface area contributed by atoms with Crippen LogP contribution in [0, 0.1) is 0 Å². The molecule has 16 heavy (non-hydrogen) atoms. The lowest BCUT2D eigenvalue weighted by molar-refractivity contribution is 0.0661. The second-order valence-corrected chi connectivity index (χ2v) is 3.84. The van der Waals surface area contributed by atoms with E-state index in [2.05, 4.69) is 9.97 Å². The van der Waals surface area contributed by atoms with Crippen molar-refractivity contribution >= 4 is 17.7 Å². The fourth-order valence-corrected chi connectivity index (χ4v) is 1.92. The van der Waals surface area contributed by atoms with Crippen molar-refractivity contribution in [1.29, 1.82) is 0 Å². The highest BCUT2D eigenvalue weighted by molar-refractivity contribution is 7.98. The molecule has 82 valence electrons. The molecular weight excluding hydrogens is 228 g/mol. The first kappa shape index (κ1) is 10.7. The van der Waals surface area contributed by atoms with Crippen LogP contribution in [0.4, 0.5) is 0 Å². The molecule has 0 fully saturated rings. The lowest BCUT2D eigenvalue weighted by atomic mass is 10.3. The minimum atomic E-state index is -1.06. The summed E-state index contributed by atoms with van der Waals surface area (Å²) in [5, 5.41) is 9.43. The number of thioether (sulfide) groups is 1. The molecule has 0 saturated carbocycles. The third kappa shape index (κ3) is 2.40. The average Bonchev–Trinajstić information content (AvgIpc) is 2.76. The normalized spacial score (nSPS) is 10.2. The van der Waals surface area contributed by atoms with Gasteiger partial charge in [0.15, 0.2) is 5.16 Å². The lowest BCUT2D eigenvalue weighted by Crippen LogP contribution is -1.97. The van der Waals surface area contributed by atoms with Crippen molar-refractivity contribution in [1.82, 2.24) is 9.97 Å². The molecule has 5 nitrogen and oxygen atoms in total. The predicted molar refractivity (Wildman–Crippen MR) is 57.3 cm³/mol. The summed E-state index contributed by atoms with van der Waals surface area (Å²) in [6.07, 6.45) is 4.65. The number of carboxylic acids is 1. The van der Waals surface area contributed by atoms with Crippen molar-refractivity contribution in [2.45, 2.75) is 10.9 Å². The molecule has 0 amide bonds. The van der Waals surface area contributed by atoms with Gasteiger partial charge in [0.2, 0.25) is 5.76 Å². The van der Waals surface area contributed by atoms with Gasteiger partial charge in [-0.3, -0.25) is 0 Å². The van der Waals surface area contributed by atoms with E-state index in [4.69, 9.17) is 9.52 Å². The minimum absolute atomic E-state index is 0.0246. The summed E-state index contributed by atoms with van der Waals surface area (Å²) in [5.74, 6) is -0.611. The first-order chi connectivity index (χ1) is 7.77. The highest BCUT2D eigenvalue weighted by atomic mass is 32.2. The molecule has 2 heterocycles. The predicted octanol–water partition coefficient (Wildman–Crippen LogP) is 2.06. The molecule has 0 aliphatic heterocycles. The van der Waals surface area contributed by atoms with Crippen molar-refractivity contribution < 1.29 is 14.3 Å². The Labute approximate surface area is 95.5 Å². The van der Waals surface area contributed by atoms with Crippen molar-refractivity contribution in [3.05, 3.63) is 42.1 Å². The summed E-state index contributed by atoms with van der Waals surface area (Å²) in [7, 11) is 0. The molecule has 1 N–H and O–H groups in total. The highest BCUT2D eigenvalue weighted by Crippen LogP contribution is 2.21. The fraction of sp³-hybridized carbons (Fsp3) is 0.100. The van der Waals surface area contributed by atoms with Crippen molar-refractivity contribution in [3.8, 4) is 0 Å². The topological polar surface area (TPSA) is 76.2 Å². The van der Waals surface area contributed by atoms with Gasteiger partial charge in [-0.25, -0.2) is 14.8 Å². The van der Waals surface area contributed by atoms with E-state index in [1.807, 2.05) is 0 Å². The molecule has 6 heteroatoms. The highest BCUT2D eigenvalue weighted by Gasteiger charge is 2.14. The maximum absolute atomic E-state index is 10.8. The largest absolute Gasteiger partial charge is 0.475 e. The van der Waals surface area contributed by atoms with Gasteiger partial charge in [0.1, 0.15) is 0 Å². The Balaban J connectivity index is 2.05. The Bertz CT molecular complexity index is 484. The maximum Gasteiger partial charge on any atom is 0.372 e. The van der Waals surface area contributed by atoms with Crippen LogP contribution in [-0.4, -0.2) is 21.0 Å². The van der Waals surface area contributed by atoms with Gasteiger partial charge in [0, 0.05) is 23.7 Å². The van der Waals surface area contributed by atoms with Crippen LogP contribution in [0.25, 0.3) is 0 Å². The molecular formula is C10H8N2O3S. The van der Waals surface area contributed by atoms with E-state index in [9.17, 15) is 4.79 Å². The number of furan rings is 1. The molecule has 0 aliphatic rings. The summed E-state index contributed by atoms with van der Waals surface area (Å²) in [4.78, 5) is 18.8. The Morgan fingerprint density at radius 1 is 1.44 bits per heavy atom. The number of hydrogen-bond acceptors (Lipinski definition) is 5. The number of carboxylic acid groups (broad SMARTS) is 1. The smallest absolute Gasteiger partial charge is 0.372 e. The van der Waals surface area contributed by atoms with Gasteiger partial charge in [-0.05, 0) is 12.1 Å². The number of aromatic carboxylic acids is 1. The van der Waals surface area contributed by atoms with Crippen molar-refractivity contribution in [2.75, 3.05) is 0 Å². The third-order valence-electron chi connectivity index (χ3n) is 1.84. The Morgan fingerprint density at radius 3 is 2.88 bits per heavy atom. The van der Waals surface area contributed by atoms with Crippen LogP contribution < -0.4 is 0 Å². The van der Waals surface area contributed by atoms with E-state index in [0.717, 1.165) is 0 Å². The van der Waals surface area contributed by atoms with Gasteiger partial charge in [0.25, 0.3) is 0 Å². The second kappa shape index (κ2) is 4.80. The van der Waals surface area contributed by atoms with Crippen molar-refractivity contribution in [2.24, 2.45) is 0 Å². The number of nitrogens with zero attached hydrogens (tertiary/aromatic N) is 2. The molecule has 0 saturated heterocycles. The van der Waals surface area contributed by atoms with E-state index in [1.165, 1.54) is 18.0 Å². The van der Waals surface area contributed by atoms with E-state index in [-0.39, 0.29) is 5.76 Å². The Morgan fingerprint density at radius 2 is 2.19 bits per heavy atom. The van der Waals surface area contributed by atoms with E-state index >= 15 is 0 Å². The van der Waals surface area contributed by atoms with Crippen LogP contribution >= 0.6 is 11.8 Å². The maximum atomic E-state index is 10.8. The Kier molecular flexibility index (Phi) is 3.21. The van der Waals surface area contributed by atoms with Gasteiger partial charge < -0.3 is 9.52 Å². The first-order valence-electron chi connectivity index (χ1n) is 4.47. The number of rotatable bonds is 4. The number of hydrogen-bond donors (Lipinski definition) is 1. The summed E-state index contributed by atoms with van der Waals surface area (Å²) in [6, 6.07) is 3.37. The third-order valence-corrected chi connectivity index (χ3v) is 2.76. The molecule has 2 rings (SSSR count). The fourth-order valence-electron chi connectivity index (χ4n) is 1.14. The van der Waals surface area contributed by atoms with E-state index in [1.54, 1.807) is 24.5 Å². The summed E-state index contributed by atoms with van der Waals surface area (Å²) >= 11 is 1.36. The zero-order chi connectivity index (χ0) is 11.4. The molecule has 0 unspecified atom stereocenters. The van der Waals surface area contributed by atoms with Gasteiger partial charge in [-0.1, -0.05) is 11.8 Å². The van der Waals surface area contributed by atoms with Crippen LogP contribution in [0.3, 0.4) is 0 Å². The number of aromatic nitrogens is 2. The van der Waals surface area contributed by atoms with Gasteiger partial charge >= 0.3 is 5.97 Å². The molecule has 0 aromatic carbocycles. The molecule has 0 radical (unpaired) electrons. The quantitative estimate of drug-likeness (QED) is 0.646. The van der Waals surface area contributed by atoms with Crippen LogP contribution in [0.5, 0.6) is 0 Å². The van der Waals surface area contributed by atoms with E-state index < -0.39 is 5.97 Å². The van der Waals surface area contributed by atoms with Crippen LogP contribution in [0.15, 0.2) is 40.4 Å².